The van der Waals surface area contributed by atoms with Crippen LogP contribution in [0.2, 0.25) is 0 Å². The molecule has 0 N–H and O–H groups in total. The zero-order chi connectivity index (χ0) is 14.2. The van der Waals surface area contributed by atoms with Crippen LogP contribution in [0.25, 0.3) is 0 Å². The van der Waals surface area contributed by atoms with Crippen LogP contribution in [0.1, 0.15) is 5.56 Å². The molecule has 1 fully saturated rings. The van der Waals surface area contributed by atoms with Crippen molar-refractivity contribution in [2.45, 2.75) is 11.8 Å². The Labute approximate surface area is 124 Å². The summed E-state index contributed by atoms with van der Waals surface area (Å²) < 4.78 is 10.5. The lowest BCUT2D eigenvalue weighted by Gasteiger charge is -2.26. The van der Waals surface area contributed by atoms with Gasteiger partial charge < -0.3 is 9.47 Å². The topological polar surface area (TPSA) is 38.8 Å². The van der Waals surface area contributed by atoms with Gasteiger partial charge in [-0.3, -0.25) is 9.69 Å². The highest BCUT2D eigenvalue weighted by molar-refractivity contribution is 8.00. The fourth-order valence-electron chi connectivity index (χ4n) is 1.93. The van der Waals surface area contributed by atoms with Gasteiger partial charge in [-0.05, 0) is 19.1 Å². The molecule has 2 rings (SSSR count). The standard InChI is InChI=1S/C15H21NO3S/c1-13-2-4-14(5-3-13)20-12-15(17)19-11-8-16-6-9-18-10-7-16/h2-5H,6-12H2,1H3. The summed E-state index contributed by atoms with van der Waals surface area (Å²) in [4.78, 5) is 15.0. The molecule has 0 atom stereocenters. The molecule has 0 aliphatic carbocycles. The minimum atomic E-state index is -0.149. The minimum Gasteiger partial charge on any atom is -0.464 e. The van der Waals surface area contributed by atoms with Crippen molar-refractivity contribution in [2.24, 2.45) is 0 Å². The van der Waals surface area contributed by atoms with Crippen LogP contribution in [0, 0.1) is 6.92 Å². The average molecular weight is 295 g/mol. The summed E-state index contributed by atoms with van der Waals surface area (Å²) in [5.41, 5.74) is 1.22. The van der Waals surface area contributed by atoms with Crippen molar-refractivity contribution < 1.29 is 14.3 Å². The van der Waals surface area contributed by atoms with E-state index in [1.165, 1.54) is 17.3 Å². The van der Waals surface area contributed by atoms with Crippen molar-refractivity contribution in [1.29, 1.82) is 0 Å². The SMILES string of the molecule is Cc1ccc(SCC(=O)OCCN2CCOCC2)cc1. The number of benzene rings is 1. The number of aryl methyl sites for hydroxylation is 1. The van der Waals surface area contributed by atoms with Crippen LogP contribution in [0.4, 0.5) is 0 Å². The van der Waals surface area contributed by atoms with E-state index in [0.29, 0.717) is 12.4 Å². The Kier molecular flexibility index (Phi) is 6.36. The summed E-state index contributed by atoms with van der Waals surface area (Å²) in [6.45, 7) is 6.71. The predicted octanol–water partition coefficient (Wildman–Crippen LogP) is 1.96. The fraction of sp³-hybridized carbons (Fsp3) is 0.533. The molecule has 1 heterocycles. The summed E-state index contributed by atoms with van der Waals surface area (Å²) in [7, 11) is 0. The van der Waals surface area contributed by atoms with E-state index in [9.17, 15) is 4.79 Å². The first kappa shape index (κ1) is 15.4. The molecule has 5 heteroatoms. The van der Waals surface area contributed by atoms with E-state index in [0.717, 1.165) is 37.7 Å². The van der Waals surface area contributed by atoms with Gasteiger partial charge in [0.05, 0.1) is 19.0 Å². The highest BCUT2D eigenvalue weighted by atomic mass is 32.2. The summed E-state index contributed by atoms with van der Waals surface area (Å²) >= 11 is 1.52. The molecule has 0 saturated carbocycles. The fourth-order valence-corrected chi connectivity index (χ4v) is 2.63. The molecule has 4 nitrogen and oxygen atoms in total. The van der Waals surface area contributed by atoms with Crippen molar-refractivity contribution in [3.63, 3.8) is 0 Å². The third-order valence-electron chi connectivity index (χ3n) is 3.15. The lowest BCUT2D eigenvalue weighted by Crippen LogP contribution is -2.38. The molecule has 0 spiro atoms. The van der Waals surface area contributed by atoms with E-state index in [1.54, 1.807) is 0 Å². The number of ether oxygens (including phenoxy) is 2. The van der Waals surface area contributed by atoms with Crippen LogP contribution in [-0.4, -0.2) is 56.1 Å². The molecule has 20 heavy (non-hydrogen) atoms. The Morgan fingerprint density at radius 1 is 1.30 bits per heavy atom. The van der Waals surface area contributed by atoms with Gasteiger partial charge in [-0.2, -0.15) is 0 Å². The number of thioether (sulfide) groups is 1. The number of hydrogen-bond acceptors (Lipinski definition) is 5. The summed E-state index contributed by atoms with van der Waals surface area (Å²) in [5.74, 6) is 0.218. The molecule has 0 aromatic heterocycles. The highest BCUT2D eigenvalue weighted by Gasteiger charge is 2.11. The van der Waals surface area contributed by atoms with Gasteiger partial charge in [0.1, 0.15) is 6.61 Å². The van der Waals surface area contributed by atoms with Gasteiger partial charge in [0.25, 0.3) is 0 Å². The second-order valence-electron chi connectivity index (χ2n) is 4.78. The molecule has 0 unspecified atom stereocenters. The van der Waals surface area contributed by atoms with Gasteiger partial charge in [-0.15, -0.1) is 11.8 Å². The van der Waals surface area contributed by atoms with Gasteiger partial charge in [0.2, 0.25) is 0 Å². The first-order valence-corrected chi connectivity index (χ1v) is 7.88. The number of nitrogens with zero attached hydrogens (tertiary/aromatic N) is 1. The van der Waals surface area contributed by atoms with Crippen molar-refractivity contribution >= 4 is 17.7 Å². The van der Waals surface area contributed by atoms with Crippen molar-refractivity contribution in [1.82, 2.24) is 4.90 Å². The monoisotopic (exact) mass is 295 g/mol. The molecule has 0 bridgehead atoms. The second-order valence-corrected chi connectivity index (χ2v) is 5.82. The van der Waals surface area contributed by atoms with E-state index >= 15 is 0 Å². The number of esters is 1. The quantitative estimate of drug-likeness (QED) is 0.592. The van der Waals surface area contributed by atoms with Gasteiger partial charge in [0, 0.05) is 24.5 Å². The Morgan fingerprint density at radius 2 is 2.00 bits per heavy atom. The lowest BCUT2D eigenvalue weighted by atomic mass is 10.2. The number of rotatable bonds is 6. The van der Waals surface area contributed by atoms with E-state index in [-0.39, 0.29) is 5.97 Å². The molecule has 1 aromatic rings. The van der Waals surface area contributed by atoms with Crippen LogP contribution >= 0.6 is 11.8 Å². The molecule has 1 aromatic carbocycles. The molecule has 1 aliphatic rings. The van der Waals surface area contributed by atoms with Gasteiger partial charge in [-0.25, -0.2) is 0 Å². The lowest BCUT2D eigenvalue weighted by molar-refractivity contribution is -0.141. The number of morpholine rings is 1. The maximum atomic E-state index is 11.6. The summed E-state index contributed by atoms with van der Waals surface area (Å²) in [5, 5.41) is 0. The van der Waals surface area contributed by atoms with E-state index in [1.807, 2.05) is 31.2 Å². The molecular weight excluding hydrogens is 274 g/mol. The van der Waals surface area contributed by atoms with Gasteiger partial charge in [0.15, 0.2) is 0 Å². The highest BCUT2D eigenvalue weighted by Crippen LogP contribution is 2.18. The van der Waals surface area contributed by atoms with E-state index in [4.69, 9.17) is 9.47 Å². The largest absolute Gasteiger partial charge is 0.464 e. The van der Waals surface area contributed by atoms with E-state index in [2.05, 4.69) is 4.90 Å². The molecule has 1 saturated heterocycles. The Bertz CT molecular complexity index is 416. The van der Waals surface area contributed by atoms with Gasteiger partial charge >= 0.3 is 5.97 Å². The zero-order valence-electron chi connectivity index (χ0n) is 11.8. The average Bonchev–Trinajstić information content (AvgIpc) is 2.48. The van der Waals surface area contributed by atoms with Crippen LogP contribution in [0.5, 0.6) is 0 Å². The molecule has 1 aliphatic heterocycles. The third kappa shape index (κ3) is 5.53. The van der Waals surface area contributed by atoms with E-state index < -0.39 is 0 Å². The van der Waals surface area contributed by atoms with Gasteiger partial charge in [-0.1, -0.05) is 17.7 Å². The number of carbonyl (C=O) groups is 1. The predicted molar refractivity (Wildman–Crippen MR) is 80.1 cm³/mol. The van der Waals surface area contributed by atoms with Crippen LogP contribution in [0.3, 0.4) is 0 Å². The van der Waals surface area contributed by atoms with Crippen molar-refractivity contribution in [2.75, 3.05) is 45.2 Å². The smallest absolute Gasteiger partial charge is 0.316 e. The molecule has 110 valence electrons. The Morgan fingerprint density at radius 3 is 2.70 bits per heavy atom. The van der Waals surface area contributed by atoms with Crippen LogP contribution < -0.4 is 0 Å². The second kappa shape index (κ2) is 8.29. The Hall–Kier alpha value is -1.04. The maximum absolute atomic E-state index is 11.6. The normalized spacial score (nSPS) is 16.1. The molecule has 0 amide bonds. The first-order valence-electron chi connectivity index (χ1n) is 6.89. The summed E-state index contributed by atoms with van der Waals surface area (Å²) in [6.07, 6.45) is 0. The van der Waals surface area contributed by atoms with Crippen molar-refractivity contribution in [3.8, 4) is 0 Å². The number of hydrogen-bond donors (Lipinski definition) is 0. The van der Waals surface area contributed by atoms with Crippen molar-refractivity contribution in [3.05, 3.63) is 29.8 Å². The summed E-state index contributed by atoms with van der Waals surface area (Å²) in [6, 6.07) is 8.15. The third-order valence-corrected chi connectivity index (χ3v) is 4.14. The maximum Gasteiger partial charge on any atom is 0.316 e. The zero-order valence-corrected chi connectivity index (χ0v) is 12.7. The molecule has 0 radical (unpaired) electrons. The minimum absolute atomic E-state index is 0.149. The Balaban J connectivity index is 1.59. The number of carbonyl (C=O) groups excluding carboxylic acids is 1. The first-order chi connectivity index (χ1) is 9.74. The molecular formula is C15H21NO3S. The van der Waals surface area contributed by atoms with Crippen LogP contribution in [-0.2, 0) is 14.3 Å². The van der Waals surface area contributed by atoms with Crippen LogP contribution in [0.15, 0.2) is 29.2 Å².